The number of hydrogen-bond acceptors (Lipinski definition) is 3. The predicted molar refractivity (Wildman–Crippen MR) is 74.6 cm³/mol. The lowest BCUT2D eigenvalue weighted by molar-refractivity contribution is 0.542. The molecule has 0 N–H and O–H groups in total. The predicted octanol–water partition coefficient (Wildman–Crippen LogP) is 2.86. The van der Waals surface area contributed by atoms with Crippen LogP contribution >= 0.6 is 27.5 Å². The fourth-order valence-electron chi connectivity index (χ4n) is 1.24. The molecule has 17 heavy (non-hydrogen) atoms. The van der Waals surface area contributed by atoms with Crippen molar-refractivity contribution in [2.75, 3.05) is 6.26 Å². The minimum Gasteiger partial charge on any atom is -0.263 e. The van der Waals surface area contributed by atoms with Crippen LogP contribution in [0.25, 0.3) is 0 Å². The summed E-state index contributed by atoms with van der Waals surface area (Å²) in [5.74, 6) is 0. The van der Waals surface area contributed by atoms with Crippen molar-refractivity contribution in [2.45, 2.75) is 29.8 Å². The monoisotopic (exact) mass is 339 g/mol. The number of rotatable bonds is 4. The van der Waals surface area contributed by atoms with Crippen LogP contribution in [0.2, 0.25) is 5.02 Å². The largest absolute Gasteiger partial charge is 0.263 e. The van der Waals surface area contributed by atoms with Gasteiger partial charge in [-0.3, -0.25) is 4.98 Å². The molecule has 1 aromatic heterocycles. The van der Waals surface area contributed by atoms with E-state index in [1.807, 2.05) is 0 Å². The molecule has 0 saturated carbocycles. The summed E-state index contributed by atoms with van der Waals surface area (Å²) in [5.41, 5.74) is 0.889. The molecule has 0 aliphatic heterocycles. The molecule has 1 aromatic rings. The molecule has 0 bridgehead atoms. The number of nitrogens with zero attached hydrogens (tertiary/aromatic N) is 1. The molecule has 0 fully saturated rings. The summed E-state index contributed by atoms with van der Waals surface area (Å²) >= 11 is 9.45. The molecule has 0 aliphatic carbocycles. The Morgan fingerprint density at radius 3 is 2.59 bits per heavy atom. The molecular formula is C11H15BrClNO2S. The summed E-state index contributed by atoms with van der Waals surface area (Å²) in [5, 5.41) is 0.557. The number of halogens is 2. The molecule has 1 heterocycles. The third-order valence-electron chi connectivity index (χ3n) is 2.97. The van der Waals surface area contributed by atoms with Crippen LogP contribution in [0.5, 0.6) is 0 Å². The number of pyridine rings is 1. The average molecular weight is 341 g/mol. The first-order valence-electron chi connectivity index (χ1n) is 5.08. The summed E-state index contributed by atoms with van der Waals surface area (Å²) in [6.45, 7) is 3.41. The van der Waals surface area contributed by atoms with Gasteiger partial charge in [-0.25, -0.2) is 8.42 Å². The lowest BCUT2D eigenvalue weighted by Gasteiger charge is -2.28. The molecule has 0 amide bonds. The zero-order valence-electron chi connectivity index (χ0n) is 9.94. The van der Waals surface area contributed by atoms with Crippen LogP contribution in [0.3, 0.4) is 0 Å². The van der Waals surface area contributed by atoms with Gasteiger partial charge in [-0.1, -0.05) is 27.5 Å². The Morgan fingerprint density at radius 1 is 1.53 bits per heavy atom. The molecule has 3 nitrogen and oxygen atoms in total. The van der Waals surface area contributed by atoms with E-state index < -0.39 is 14.6 Å². The van der Waals surface area contributed by atoms with E-state index in [-0.39, 0.29) is 4.83 Å². The van der Waals surface area contributed by atoms with Gasteiger partial charge in [-0.15, -0.1) is 0 Å². The second-order valence-corrected chi connectivity index (χ2v) is 8.62. The van der Waals surface area contributed by atoms with Gasteiger partial charge in [0.25, 0.3) is 0 Å². The highest BCUT2D eigenvalue weighted by molar-refractivity contribution is 9.09. The van der Waals surface area contributed by atoms with Gasteiger partial charge >= 0.3 is 0 Å². The Bertz CT molecular complexity index is 502. The zero-order chi connectivity index (χ0) is 13.3. The van der Waals surface area contributed by atoms with E-state index in [0.717, 1.165) is 5.56 Å². The van der Waals surface area contributed by atoms with E-state index >= 15 is 0 Å². The lowest BCUT2D eigenvalue weighted by atomic mass is 10.0. The average Bonchev–Trinajstić information content (AvgIpc) is 2.19. The van der Waals surface area contributed by atoms with Crippen LogP contribution in [0.4, 0.5) is 0 Å². The summed E-state index contributed by atoms with van der Waals surface area (Å²) in [6, 6.07) is 1.80. The van der Waals surface area contributed by atoms with Gasteiger partial charge in [0.15, 0.2) is 9.84 Å². The van der Waals surface area contributed by atoms with E-state index in [9.17, 15) is 8.42 Å². The van der Waals surface area contributed by atoms with Crippen molar-refractivity contribution < 1.29 is 8.42 Å². The van der Waals surface area contributed by atoms with Gasteiger partial charge < -0.3 is 0 Å². The topological polar surface area (TPSA) is 47.0 Å². The minimum atomic E-state index is -3.14. The van der Waals surface area contributed by atoms with Gasteiger partial charge in [-0.05, 0) is 31.9 Å². The first kappa shape index (κ1) is 14.9. The molecule has 96 valence electrons. The molecule has 6 heteroatoms. The van der Waals surface area contributed by atoms with E-state index in [1.165, 1.54) is 6.26 Å². The quantitative estimate of drug-likeness (QED) is 0.792. The van der Waals surface area contributed by atoms with Crippen LogP contribution in [-0.4, -0.2) is 29.2 Å². The molecule has 0 spiro atoms. The Balaban J connectivity index is 2.95. The maximum Gasteiger partial charge on any atom is 0.153 e. The Kier molecular flexibility index (Phi) is 4.60. The van der Waals surface area contributed by atoms with Gasteiger partial charge in [0.05, 0.1) is 9.77 Å². The molecule has 0 aliphatic rings. The highest BCUT2D eigenvalue weighted by Gasteiger charge is 2.37. The minimum absolute atomic E-state index is 0.204. The van der Waals surface area contributed by atoms with Gasteiger partial charge in [0.1, 0.15) is 0 Å². The molecular weight excluding hydrogens is 326 g/mol. The lowest BCUT2D eigenvalue weighted by Crippen LogP contribution is -2.41. The third-order valence-corrected chi connectivity index (χ3v) is 7.27. The van der Waals surface area contributed by atoms with Crippen molar-refractivity contribution in [3.8, 4) is 0 Å². The van der Waals surface area contributed by atoms with E-state index in [2.05, 4.69) is 20.9 Å². The van der Waals surface area contributed by atoms with Crippen molar-refractivity contribution in [2.24, 2.45) is 0 Å². The van der Waals surface area contributed by atoms with Gasteiger partial charge in [0.2, 0.25) is 0 Å². The normalized spacial score (nSPS) is 14.6. The number of aromatic nitrogens is 1. The Morgan fingerprint density at radius 2 is 2.12 bits per heavy atom. The highest BCUT2D eigenvalue weighted by atomic mass is 79.9. The smallest absolute Gasteiger partial charge is 0.153 e. The molecule has 1 rings (SSSR count). The van der Waals surface area contributed by atoms with Crippen molar-refractivity contribution in [3.05, 3.63) is 29.0 Å². The maximum absolute atomic E-state index is 11.7. The first-order chi connectivity index (χ1) is 7.66. The molecule has 1 atom stereocenters. The second-order valence-electron chi connectivity index (χ2n) is 4.51. The van der Waals surface area contributed by atoms with E-state index in [0.29, 0.717) is 11.4 Å². The van der Waals surface area contributed by atoms with Crippen LogP contribution in [0.15, 0.2) is 18.5 Å². The van der Waals surface area contributed by atoms with Crippen molar-refractivity contribution >= 4 is 37.4 Å². The number of sulfone groups is 1. The van der Waals surface area contributed by atoms with Crippen LogP contribution in [0, 0.1) is 0 Å². The maximum atomic E-state index is 11.7. The Hall–Kier alpha value is -0.130. The van der Waals surface area contributed by atoms with E-state index in [1.54, 1.807) is 32.3 Å². The van der Waals surface area contributed by atoms with Gasteiger partial charge in [-0.2, -0.15) is 0 Å². The van der Waals surface area contributed by atoms with Crippen molar-refractivity contribution in [1.82, 2.24) is 4.98 Å². The zero-order valence-corrected chi connectivity index (χ0v) is 13.1. The summed E-state index contributed by atoms with van der Waals surface area (Å²) in [4.78, 5) is 3.69. The summed E-state index contributed by atoms with van der Waals surface area (Å²) in [7, 11) is -3.14. The highest BCUT2D eigenvalue weighted by Crippen LogP contribution is 2.30. The van der Waals surface area contributed by atoms with Crippen molar-refractivity contribution in [3.63, 3.8) is 0 Å². The standard InChI is InChI=1S/C11H15BrClNO2S/c1-11(2,17(3,15)16)10(12)6-8-4-5-14-7-9(8)13/h4-5,7,10H,6H2,1-3H3. The number of alkyl halides is 1. The molecule has 0 saturated heterocycles. The second kappa shape index (κ2) is 5.24. The molecule has 1 unspecified atom stereocenters. The SMILES string of the molecule is CC(C)(C(Br)Cc1ccncc1Cl)S(C)(=O)=O. The summed E-state index contributed by atoms with van der Waals surface area (Å²) in [6.07, 6.45) is 5.00. The fourth-order valence-corrected chi connectivity index (χ4v) is 3.35. The van der Waals surface area contributed by atoms with Crippen LogP contribution in [-0.2, 0) is 16.3 Å². The first-order valence-corrected chi connectivity index (χ1v) is 8.27. The van der Waals surface area contributed by atoms with Gasteiger partial charge in [0, 0.05) is 23.5 Å². The van der Waals surface area contributed by atoms with Crippen molar-refractivity contribution in [1.29, 1.82) is 0 Å². The molecule has 0 radical (unpaired) electrons. The Labute approximate surface area is 116 Å². The molecule has 0 aromatic carbocycles. The fraction of sp³-hybridized carbons (Fsp3) is 0.545. The number of hydrogen-bond donors (Lipinski definition) is 0. The van der Waals surface area contributed by atoms with Crippen LogP contribution in [0.1, 0.15) is 19.4 Å². The summed E-state index contributed by atoms with van der Waals surface area (Å²) < 4.78 is 22.5. The van der Waals surface area contributed by atoms with Crippen LogP contribution < -0.4 is 0 Å². The van der Waals surface area contributed by atoms with E-state index in [4.69, 9.17) is 11.6 Å². The third kappa shape index (κ3) is 3.42.